The fourth-order valence-corrected chi connectivity index (χ4v) is 15.3. The second-order valence-electron chi connectivity index (χ2n) is 37.5. The number of nitrogens with one attached hydrogen (secondary N) is 14. The van der Waals surface area contributed by atoms with Gasteiger partial charge in [0.2, 0.25) is 112 Å². The predicted octanol–water partition coefficient (Wildman–Crippen LogP) is -3.85. The minimum absolute atomic E-state index is 0.0238. The number of aliphatic hydroxyl groups is 3. The molecule has 3 fully saturated rings. The maximum atomic E-state index is 14.8. The van der Waals surface area contributed by atoms with Gasteiger partial charge in [-0.1, -0.05) is 102 Å². The molecule has 0 radical (unpaired) electrons. The number of carbonyl (C=O) groups excluding carboxylic acids is 19. The van der Waals surface area contributed by atoms with Crippen molar-refractivity contribution in [2.24, 2.45) is 23.3 Å². The lowest BCUT2D eigenvalue weighted by Crippen LogP contribution is -2.66. The van der Waals surface area contributed by atoms with E-state index >= 15 is 0 Å². The summed E-state index contributed by atoms with van der Waals surface area (Å²) >= 11 is 0. The Morgan fingerprint density at radius 2 is 0.848 bits per heavy atom. The van der Waals surface area contributed by atoms with Crippen molar-refractivity contribution in [1.82, 2.24) is 89.1 Å². The van der Waals surface area contributed by atoms with Crippen molar-refractivity contribution in [1.29, 1.82) is 0 Å². The number of β-amino-alcohol motifs (C(OH)–C–C–N with tert-alkyl or cyclic N) is 1. The van der Waals surface area contributed by atoms with Gasteiger partial charge in [-0.15, -0.1) is 0 Å². The number of likely N-dealkylation sites (tertiary alicyclic amines) is 3. The molecule has 22 N–H and O–H groups in total. The van der Waals surface area contributed by atoms with E-state index in [1.807, 2.05) is 0 Å². The molecule has 2 aromatic carbocycles. The zero-order chi connectivity index (χ0) is 99.8. The van der Waals surface area contributed by atoms with Gasteiger partial charge < -0.3 is 121 Å². The van der Waals surface area contributed by atoms with Crippen molar-refractivity contribution in [3.05, 3.63) is 71.8 Å². The molecule has 0 spiro atoms. The van der Waals surface area contributed by atoms with Crippen LogP contribution in [0.1, 0.15) is 213 Å². The lowest BCUT2D eigenvalue weighted by atomic mass is 9.94. The Morgan fingerprint density at radius 3 is 1.28 bits per heavy atom. The molecule has 0 aliphatic carbocycles. The number of carbonyl (C=O) groups is 20. The average Bonchev–Trinajstić information content (AvgIpc) is 1.22. The number of nitrogens with zero attached hydrogens (tertiary/aromatic N) is 3. The molecule has 5 rings (SSSR count). The summed E-state index contributed by atoms with van der Waals surface area (Å²) in [5, 5.41) is 77.1. The van der Waals surface area contributed by atoms with E-state index in [0.717, 1.165) is 11.8 Å². The van der Waals surface area contributed by atoms with Crippen LogP contribution < -0.4 is 85.9 Å². The van der Waals surface area contributed by atoms with Gasteiger partial charge >= 0.3 is 5.97 Å². The first kappa shape index (κ1) is 110. The Labute approximate surface area is 768 Å². The molecule has 19 amide bonds. The SMILES string of the molecule is CC[C@H](C)[C@H](NC(=O)C(C)(C)NC(=O)[C@H](CCC(N)=O)NC(=O)[C@](C)(CC)NC(=O)[C@H](Cc1ccccc1)NC(C)=O)C(=O)N[C@H](C(=O)NC(C)(C)C(=O)N[C@@H](CC(C)C)C(=O)NC(C)(C)C(=O)N1CCC[C@H]1C(=O)N[C@@H](CCC(N)=O)C(=O)NC(C)(C)C(=O)N1C[C@H](O)C[C@H]1C(=O)NC(C)(C)C(=O)N1CCC[C@H]1C(=O)N[C@@H](Cc1ccccc1)C(=O)N[C@@H](CO)C(=O)O)[C@@H](C)O. The van der Waals surface area contributed by atoms with Crippen LogP contribution in [0.4, 0.5) is 0 Å². The van der Waals surface area contributed by atoms with Gasteiger partial charge in [0.1, 0.15) is 99.7 Å². The van der Waals surface area contributed by atoms with Crippen molar-refractivity contribution in [3.63, 3.8) is 0 Å². The van der Waals surface area contributed by atoms with Gasteiger partial charge in [-0.05, 0) is 157 Å². The molecule has 3 saturated heterocycles. The fourth-order valence-electron chi connectivity index (χ4n) is 15.3. The number of primary amides is 2. The van der Waals surface area contributed by atoms with E-state index in [4.69, 9.17) is 11.5 Å². The molecule has 732 valence electrons. The lowest BCUT2D eigenvalue weighted by molar-refractivity contribution is -0.148. The first-order valence-electron chi connectivity index (χ1n) is 44.4. The summed E-state index contributed by atoms with van der Waals surface area (Å²) in [6, 6.07) is 1.14. The summed E-state index contributed by atoms with van der Waals surface area (Å²) < 4.78 is 0. The Morgan fingerprint density at radius 1 is 0.439 bits per heavy atom. The van der Waals surface area contributed by atoms with Gasteiger partial charge in [0.15, 0.2) is 0 Å². The van der Waals surface area contributed by atoms with Crippen LogP contribution in [-0.2, 0) is 109 Å². The zero-order valence-electron chi connectivity index (χ0n) is 78.6. The molecular formula is C89H137N19O24. The van der Waals surface area contributed by atoms with Crippen LogP contribution in [-0.4, -0.2) is 291 Å². The topological polar surface area (TPSA) is 652 Å². The first-order valence-corrected chi connectivity index (χ1v) is 44.4. The van der Waals surface area contributed by atoms with Crippen LogP contribution in [0.15, 0.2) is 60.7 Å². The van der Waals surface area contributed by atoms with Gasteiger partial charge in [-0.25, -0.2) is 4.79 Å². The number of aliphatic hydroxyl groups excluding tert-OH is 3. The maximum Gasteiger partial charge on any atom is 0.328 e. The number of carboxylic acid groups (broad SMARTS) is 1. The highest BCUT2D eigenvalue weighted by Gasteiger charge is 2.51. The van der Waals surface area contributed by atoms with Crippen molar-refractivity contribution in [2.45, 2.75) is 326 Å². The van der Waals surface area contributed by atoms with Gasteiger partial charge in [-0.3, -0.25) is 91.1 Å². The second-order valence-corrected chi connectivity index (χ2v) is 37.5. The van der Waals surface area contributed by atoms with Gasteiger partial charge in [0.25, 0.3) is 0 Å². The van der Waals surface area contributed by atoms with E-state index in [0.29, 0.717) is 17.5 Å². The maximum absolute atomic E-state index is 14.8. The van der Waals surface area contributed by atoms with Crippen LogP contribution in [0, 0.1) is 11.8 Å². The fraction of sp³-hybridized carbons (Fsp3) is 0.640. The van der Waals surface area contributed by atoms with E-state index in [1.54, 1.807) is 95.3 Å². The molecule has 15 atom stereocenters. The molecule has 0 unspecified atom stereocenters. The minimum Gasteiger partial charge on any atom is -0.480 e. The van der Waals surface area contributed by atoms with Crippen LogP contribution in [0.25, 0.3) is 0 Å². The molecule has 2 aromatic rings. The monoisotopic (exact) mass is 1860 g/mol. The van der Waals surface area contributed by atoms with Gasteiger partial charge in [0, 0.05) is 58.7 Å². The third-order valence-electron chi connectivity index (χ3n) is 23.5. The summed E-state index contributed by atoms with van der Waals surface area (Å²) in [6.07, 6.45) is -4.26. The Kier molecular flexibility index (Phi) is 39.8. The smallest absolute Gasteiger partial charge is 0.328 e. The van der Waals surface area contributed by atoms with E-state index in [-0.39, 0.29) is 83.2 Å². The molecule has 3 heterocycles. The predicted molar refractivity (Wildman–Crippen MR) is 477 cm³/mol. The zero-order valence-corrected chi connectivity index (χ0v) is 78.6. The second kappa shape index (κ2) is 47.7. The van der Waals surface area contributed by atoms with Crippen LogP contribution >= 0.6 is 0 Å². The molecule has 43 nitrogen and oxygen atoms in total. The number of hydrogen-bond acceptors (Lipinski definition) is 23. The highest BCUT2D eigenvalue weighted by molar-refractivity contribution is 6.04. The largest absolute Gasteiger partial charge is 0.480 e. The normalized spacial score (nSPS) is 18.6. The molecule has 3 aliphatic heterocycles. The van der Waals surface area contributed by atoms with Crippen LogP contribution in [0.2, 0.25) is 0 Å². The third kappa shape index (κ3) is 31.2. The summed E-state index contributed by atoms with van der Waals surface area (Å²) in [6.45, 7) is 23.7. The number of carboxylic acids is 1. The standard InChI is InChI=1S/C89H137N19O24/c1-19-48(5)65(99-79(128)85(10,11)100-69(117)55(36-38-64(91)114)96-80(129)89(18,20-2)105-71(119)58(92-50(7)111)43-52-31-25-22-26-32-52)75(123)98-66(49(6)110)76(124)104-84(8,9)78(127)97-56(41-47(3)4)70(118)102-86(12,13)81(130)106-39-27-33-60(106)72(120)93-54(35-37-63(90)113)68(116)101-88(16,17)83(132)108-45-53(112)44-62(108)74(122)103-87(14,15)82(131)107-40-28-34-61(107)73(121)94-57(42-51-29-23-21-24-30-51)67(115)95-59(46-109)77(125)126/h21-26,29-32,47-49,53-62,65-66,109-110,112H,19-20,27-28,33-46H2,1-18H3,(H2,90,113)(H2,91,114)(H,92,111)(H,93,120)(H,94,121)(H,95,115)(H,96,129)(H,97,127)(H,98,123)(H,99,128)(H,100,117)(H,101,116)(H,102,118)(H,103,122)(H,104,124)(H,105,119)(H,125,126)/t48-,49+,53+,54-,55-,56-,57-,58-,59-,60-,61-,62-,65-,66-,89-/m0/s1. The Balaban J connectivity index is 1.23. The number of hydrogen-bond donors (Lipinski definition) is 20. The molecule has 132 heavy (non-hydrogen) atoms. The van der Waals surface area contributed by atoms with Crippen molar-refractivity contribution >= 4 is 118 Å². The van der Waals surface area contributed by atoms with Gasteiger partial charge in [0.05, 0.1) is 18.8 Å². The third-order valence-corrected chi connectivity index (χ3v) is 23.5. The van der Waals surface area contributed by atoms with Crippen molar-refractivity contribution in [2.75, 3.05) is 26.2 Å². The lowest BCUT2D eigenvalue weighted by Gasteiger charge is -2.37. The summed E-state index contributed by atoms with van der Waals surface area (Å²) in [4.78, 5) is 281. The number of rotatable bonds is 48. The molecule has 43 heteroatoms. The quantitative estimate of drug-likeness (QED) is 0.0302. The van der Waals surface area contributed by atoms with E-state index < -0.39 is 268 Å². The molecule has 0 bridgehead atoms. The van der Waals surface area contributed by atoms with E-state index in [2.05, 4.69) is 74.4 Å². The van der Waals surface area contributed by atoms with Gasteiger partial charge in [-0.2, -0.15) is 0 Å². The number of nitrogens with two attached hydrogens (primary N) is 2. The Bertz CT molecular complexity index is 4540. The molecule has 3 aliphatic rings. The highest BCUT2D eigenvalue weighted by atomic mass is 16.4. The van der Waals surface area contributed by atoms with Crippen LogP contribution in [0.3, 0.4) is 0 Å². The highest BCUT2D eigenvalue weighted by Crippen LogP contribution is 2.29. The van der Waals surface area contributed by atoms with Crippen molar-refractivity contribution in [3.8, 4) is 0 Å². The van der Waals surface area contributed by atoms with Crippen LogP contribution in [0.5, 0.6) is 0 Å². The molecular weight excluding hydrogens is 1720 g/mol. The molecule has 0 saturated carbocycles. The average molecular weight is 1860 g/mol. The summed E-state index contributed by atoms with van der Waals surface area (Å²) in [5.41, 5.74) is 1.08. The first-order chi connectivity index (χ1) is 61.3. The minimum atomic E-state index is -1.96. The summed E-state index contributed by atoms with van der Waals surface area (Å²) in [5.74, 6) is -19.4. The summed E-state index contributed by atoms with van der Waals surface area (Å²) in [7, 11) is 0. The number of aliphatic carboxylic acids is 1. The Hall–Kier alpha value is -12.3. The number of benzene rings is 2. The molecule has 0 aromatic heterocycles. The van der Waals surface area contributed by atoms with E-state index in [1.165, 1.54) is 92.9 Å². The van der Waals surface area contributed by atoms with E-state index in [9.17, 15) is 116 Å². The van der Waals surface area contributed by atoms with Crippen molar-refractivity contribution < 1.29 is 116 Å². The number of amides is 19.